The maximum atomic E-state index is 11.0. The Hall–Kier alpha value is -2.69. The van der Waals surface area contributed by atoms with Crippen LogP contribution in [0, 0.1) is 0 Å². The average molecular weight is 253 g/mol. The molecular formula is C14H11N3O2. The van der Waals surface area contributed by atoms with Gasteiger partial charge in [-0.3, -0.25) is 9.20 Å². The molecule has 0 atom stereocenters. The number of nitrogens with zero attached hydrogens (tertiary/aromatic N) is 3. The summed E-state index contributed by atoms with van der Waals surface area (Å²) in [4.78, 5) is 11.0. The van der Waals surface area contributed by atoms with E-state index in [1.807, 2.05) is 30.5 Å². The van der Waals surface area contributed by atoms with Crippen molar-refractivity contribution in [3.63, 3.8) is 0 Å². The minimum atomic E-state index is 0.510. The molecule has 0 amide bonds. The van der Waals surface area contributed by atoms with Crippen LogP contribution in [0.15, 0.2) is 42.6 Å². The van der Waals surface area contributed by atoms with Gasteiger partial charge in [-0.25, -0.2) is 0 Å². The van der Waals surface area contributed by atoms with Gasteiger partial charge in [0.2, 0.25) is 0 Å². The smallest absolute Gasteiger partial charge is 0.172 e. The summed E-state index contributed by atoms with van der Waals surface area (Å²) in [6, 6.07) is 11.1. The number of methoxy groups -OCH3 is 1. The maximum Gasteiger partial charge on any atom is 0.172 e. The minimum Gasteiger partial charge on any atom is -0.496 e. The quantitative estimate of drug-likeness (QED) is 0.671. The second-order valence-electron chi connectivity index (χ2n) is 4.00. The number of pyridine rings is 1. The van der Waals surface area contributed by atoms with Crippen molar-refractivity contribution >= 4 is 11.9 Å². The molecule has 94 valence electrons. The molecule has 2 heterocycles. The lowest BCUT2D eigenvalue weighted by atomic mass is 10.2. The fraction of sp³-hybridized carbons (Fsp3) is 0.0714. The van der Waals surface area contributed by atoms with Crippen LogP contribution in [0.4, 0.5) is 0 Å². The number of hydrogen-bond donors (Lipinski definition) is 0. The number of fused-ring (bicyclic) bond motifs is 1. The monoisotopic (exact) mass is 253 g/mol. The third-order valence-corrected chi connectivity index (χ3v) is 2.94. The lowest BCUT2D eigenvalue weighted by Gasteiger charge is -2.06. The van der Waals surface area contributed by atoms with E-state index in [1.54, 1.807) is 23.6 Å². The topological polar surface area (TPSA) is 56.5 Å². The number of carbonyl (C=O) groups is 1. The van der Waals surface area contributed by atoms with E-state index in [9.17, 15) is 4.79 Å². The first-order valence-corrected chi connectivity index (χ1v) is 5.77. The van der Waals surface area contributed by atoms with Crippen LogP contribution in [0.3, 0.4) is 0 Å². The van der Waals surface area contributed by atoms with Gasteiger partial charge in [0.25, 0.3) is 0 Å². The second kappa shape index (κ2) is 4.53. The Balaban J connectivity index is 2.29. The van der Waals surface area contributed by atoms with Crippen molar-refractivity contribution < 1.29 is 9.53 Å². The van der Waals surface area contributed by atoms with Crippen molar-refractivity contribution in [3.8, 4) is 17.1 Å². The summed E-state index contributed by atoms with van der Waals surface area (Å²) in [5.74, 6) is 1.37. The minimum absolute atomic E-state index is 0.510. The van der Waals surface area contributed by atoms with Gasteiger partial charge >= 0.3 is 0 Å². The third-order valence-electron chi connectivity index (χ3n) is 2.94. The second-order valence-corrected chi connectivity index (χ2v) is 4.00. The van der Waals surface area contributed by atoms with E-state index in [0.717, 1.165) is 11.8 Å². The van der Waals surface area contributed by atoms with Crippen LogP contribution in [0.5, 0.6) is 5.75 Å². The summed E-state index contributed by atoms with van der Waals surface area (Å²) in [6.07, 6.45) is 2.60. The van der Waals surface area contributed by atoms with E-state index in [1.165, 1.54) is 0 Å². The Kier molecular flexibility index (Phi) is 2.72. The summed E-state index contributed by atoms with van der Waals surface area (Å²) in [7, 11) is 1.61. The van der Waals surface area contributed by atoms with Gasteiger partial charge in [-0.05, 0) is 24.3 Å². The van der Waals surface area contributed by atoms with E-state index >= 15 is 0 Å². The summed E-state index contributed by atoms with van der Waals surface area (Å²) >= 11 is 0. The van der Waals surface area contributed by atoms with Gasteiger partial charge in [0.05, 0.1) is 18.2 Å². The highest BCUT2D eigenvalue weighted by atomic mass is 16.5. The van der Waals surface area contributed by atoms with Crippen LogP contribution in [-0.4, -0.2) is 28.0 Å². The Morgan fingerprint density at radius 3 is 2.79 bits per heavy atom. The predicted octanol–water partition coefficient (Wildman–Crippen LogP) is 2.22. The Morgan fingerprint density at radius 1 is 1.16 bits per heavy atom. The van der Waals surface area contributed by atoms with E-state index in [4.69, 9.17) is 4.74 Å². The van der Waals surface area contributed by atoms with Crippen molar-refractivity contribution in [1.29, 1.82) is 0 Å². The molecule has 0 aliphatic carbocycles. The van der Waals surface area contributed by atoms with Crippen LogP contribution in [0.1, 0.15) is 10.4 Å². The SMILES string of the molecule is COc1ccccc1-c1nnc2c(C=O)cccn12. The summed E-state index contributed by atoms with van der Waals surface area (Å²) in [5.41, 5.74) is 1.88. The number of carbonyl (C=O) groups excluding carboxylic acids is 1. The first kappa shape index (κ1) is 11.4. The van der Waals surface area contributed by atoms with Gasteiger partial charge < -0.3 is 4.74 Å². The number of aromatic nitrogens is 3. The van der Waals surface area contributed by atoms with Crippen molar-refractivity contribution in [3.05, 3.63) is 48.2 Å². The predicted molar refractivity (Wildman–Crippen MR) is 70.4 cm³/mol. The Labute approximate surface area is 109 Å². The third kappa shape index (κ3) is 1.76. The molecule has 0 aliphatic heterocycles. The zero-order valence-electron chi connectivity index (χ0n) is 10.3. The highest BCUT2D eigenvalue weighted by molar-refractivity contribution is 5.84. The van der Waals surface area contributed by atoms with Crippen LogP contribution in [0.25, 0.3) is 17.0 Å². The Morgan fingerprint density at radius 2 is 2.00 bits per heavy atom. The summed E-state index contributed by atoms with van der Waals surface area (Å²) in [6.45, 7) is 0. The first-order valence-electron chi connectivity index (χ1n) is 5.77. The molecule has 19 heavy (non-hydrogen) atoms. The van der Waals surface area contributed by atoms with Gasteiger partial charge in [0.15, 0.2) is 17.8 Å². The van der Waals surface area contributed by atoms with Crippen LogP contribution in [-0.2, 0) is 0 Å². The fourth-order valence-electron chi connectivity index (χ4n) is 2.04. The molecule has 3 rings (SSSR count). The van der Waals surface area contributed by atoms with Crippen molar-refractivity contribution in [2.45, 2.75) is 0 Å². The standard InChI is InChI=1S/C14H11N3O2/c1-19-12-7-3-2-6-11(12)14-16-15-13-10(9-18)5-4-8-17(13)14/h2-9H,1H3. The van der Waals surface area contributed by atoms with Crippen molar-refractivity contribution in [1.82, 2.24) is 14.6 Å². The van der Waals surface area contributed by atoms with Crippen LogP contribution < -0.4 is 4.74 Å². The van der Waals surface area contributed by atoms with E-state index in [-0.39, 0.29) is 0 Å². The van der Waals surface area contributed by atoms with Crippen LogP contribution in [0.2, 0.25) is 0 Å². The molecule has 0 fully saturated rings. The maximum absolute atomic E-state index is 11.0. The van der Waals surface area contributed by atoms with Gasteiger partial charge in [0, 0.05) is 6.20 Å². The van der Waals surface area contributed by atoms with Gasteiger partial charge in [-0.2, -0.15) is 0 Å². The molecule has 0 saturated carbocycles. The molecular weight excluding hydrogens is 242 g/mol. The lowest BCUT2D eigenvalue weighted by molar-refractivity contribution is 0.112. The molecule has 2 aromatic heterocycles. The molecule has 0 aliphatic rings. The zero-order valence-corrected chi connectivity index (χ0v) is 10.3. The highest BCUT2D eigenvalue weighted by Crippen LogP contribution is 2.28. The molecule has 5 nitrogen and oxygen atoms in total. The molecule has 0 radical (unpaired) electrons. The molecule has 0 unspecified atom stereocenters. The molecule has 0 bridgehead atoms. The molecule has 5 heteroatoms. The zero-order chi connectivity index (χ0) is 13.2. The number of para-hydroxylation sites is 1. The molecule has 0 saturated heterocycles. The number of benzene rings is 1. The fourth-order valence-corrected chi connectivity index (χ4v) is 2.04. The summed E-state index contributed by atoms with van der Waals surface area (Å²) < 4.78 is 7.10. The van der Waals surface area contributed by atoms with Crippen molar-refractivity contribution in [2.24, 2.45) is 0 Å². The molecule has 1 aromatic carbocycles. The average Bonchev–Trinajstić information content (AvgIpc) is 2.90. The molecule has 0 spiro atoms. The van der Waals surface area contributed by atoms with Gasteiger partial charge in [0.1, 0.15) is 5.75 Å². The normalized spacial score (nSPS) is 10.6. The van der Waals surface area contributed by atoms with E-state index in [2.05, 4.69) is 10.2 Å². The van der Waals surface area contributed by atoms with Crippen LogP contribution >= 0.6 is 0 Å². The van der Waals surface area contributed by atoms with Crippen molar-refractivity contribution in [2.75, 3.05) is 7.11 Å². The number of aldehydes is 1. The first-order chi connectivity index (χ1) is 9.35. The number of hydrogen-bond acceptors (Lipinski definition) is 4. The van der Waals surface area contributed by atoms with E-state index in [0.29, 0.717) is 22.8 Å². The molecule has 3 aromatic rings. The molecule has 0 N–H and O–H groups in total. The number of rotatable bonds is 3. The largest absolute Gasteiger partial charge is 0.496 e. The number of ether oxygens (including phenoxy) is 1. The summed E-state index contributed by atoms with van der Waals surface area (Å²) in [5, 5.41) is 8.22. The Bertz CT molecular complexity index is 749. The van der Waals surface area contributed by atoms with E-state index < -0.39 is 0 Å². The lowest BCUT2D eigenvalue weighted by Crippen LogP contribution is -1.94. The van der Waals surface area contributed by atoms with Gasteiger partial charge in [-0.1, -0.05) is 12.1 Å². The van der Waals surface area contributed by atoms with Gasteiger partial charge in [-0.15, -0.1) is 10.2 Å². The highest BCUT2D eigenvalue weighted by Gasteiger charge is 2.13.